The van der Waals surface area contributed by atoms with E-state index in [1.165, 1.54) is 34.6 Å². The summed E-state index contributed by atoms with van der Waals surface area (Å²) in [7, 11) is 11.2. The maximum atomic E-state index is 14.1. The summed E-state index contributed by atoms with van der Waals surface area (Å²) in [6.07, 6.45) is -11.3. The van der Waals surface area contributed by atoms with Crippen molar-refractivity contribution in [2.24, 2.45) is 35.5 Å². The normalized spacial score (nSPS) is 40.7. The summed E-state index contributed by atoms with van der Waals surface area (Å²) >= 11 is 0. The zero-order valence-electron chi connectivity index (χ0n) is 67.2. The van der Waals surface area contributed by atoms with E-state index in [0.29, 0.717) is 37.1 Å². The molecule has 0 spiro atoms. The van der Waals surface area contributed by atoms with Crippen LogP contribution in [0.3, 0.4) is 0 Å². The Bertz CT molecular complexity index is 3100. The molecule has 26 heteroatoms. The number of ether oxygens (including phenoxy) is 10. The molecular formula is C79H130N4O22. The molecule has 0 amide bonds. The average Bonchev–Trinajstić information content (AvgIpc) is 0.997. The van der Waals surface area contributed by atoms with Crippen molar-refractivity contribution in [3.63, 3.8) is 0 Å². The second kappa shape index (κ2) is 37.9. The van der Waals surface area contributed by atoms with Gasteiger partial charge >= 0.3 is 35.8 Å². The Morgan fingerprint density at radius 2 is 0.990 bits per heavy atom. The van der Waals surface area contributed by atoms with Gasteiger partial charge in [0.05, 0.1) is 76.8 Å². The fourth-order valence-corrected chi connectivity index (χ4v) is 16.4. The molecule has 0 aliphatic carbocycles. The summed E-state index contributed by atoms with van der Waals surface area (Å²) < 4.78 is 62.4. The van der Waals surface area contributed by atoms with Crippen LogP contribution in [0.4, 0.5) is 0 Å². The van der Waals surface area contributed by atoms with Gasteiger partial charge in [-0.15, -0.1) is 0 Å². The Morgan fingerprint density at radius 3 is 1.47 bits per heavy atom. The number of benzene rings is 2. The molecule has 26 nitrogen and oxygen atoms in total. The van der Waals surface area contributed by atoms with Crippen LogP contribution in [0.2, 0.25) is 0 Å². The second-order valence-corrected chi connectivity index (χ2v) is 32.5. The first kappa shape index (κ1) is 90.3. The van der Waals surface area contributed by atoms with E-state index in [-0.39, 0.29) is 61.8 Å². The van der Waals surface area contributed by atoms with Gasteiger partial charge in [0.1, 0.15) is 41.7 Å². The van der Waals surface area contributed by atoms with E-state index >= 15 is 0 Å². The van der Waals surface area contributed by atoms with Gasteiger partial charge in [0, 0.05) is 50.9 Å². The minimum atomic E-state index is -1.82. The predicted octanol–water partition coefficient (Wildman–Crippen LogP) is 7.21. The van der Waals surface area contributed by atoms with Gasteiger partial charge < -0.3 is 92.7 Å². The highest BCUT2D eigenvalue weighted by atomic mass is 16.7. The number of hydrogen-bond acceptors (Lipinski definition) is 26. The van der Waals surface area contributed by atoms with E-state index in [1.54, 1.807) is 117 Å². The molecule has 6 N–H and O–H groups in total. The van der Waals surface area contributed by atoms with Gasteiger partial charge in [-0.05, 0) is 193 Å². The van der Waals surface area contributed by atoms with Crippen molar-refractivity contribution < 1.29 is 107 Å². The summed E-state index contributed by atoms with van der Waals surface area (Å²) in [4.78, 5) is 87.4. The van der Waals surface area contributed by atoms with Crippen molar-refractivity contribution in [3.05, 3.63) is 71.8 Å². The Hall–Kier alpha value is -5.30. The van der Waals surface area contributed by atoms with Crippen LogP contribution in [0.15, 0.2) is 60.7 Å². The van der Waals surface area contributed by atoms with Gasteiger partial charge in [0.25, 0.3) is 0 Å². The van der Waals surface area contributed by atoms with Crippen molar-refractivity contribution in [3.8, 4) is 0 Å². The fourth-order valence-electron chi connectivity index (χ4n) is 16.4. The van der Waals surface area contributed by atoms with Crippen molar-refractivity contribution in [1.82, 2.24) is 19.6 Å². The third-order valence-electron chi connectivity index (χ3n) is 22.3. The Balaban J connectivity index is 0.000000379. The summed E-state index contributed by atoms with van der Waals surface area (Å²) in [5.41, 5.74) is -6.14. The van der Waals surface area contributed by atoms with Crippen molar-refractivity contribution in [1.29, 1.82) is 0 Å². The SMILES string of the molecule is CC[C@H]1OC(=O)[C@H](C)[C@@H](O)[C@H](C)[C@@H](O[C@]2(C)O[C@H](C)C[C@H](N(C)C)[C@H]2OC(=O)c2ccccc2)[C@](C)(O)C[C@@H](C)CN(C)[C@H](C)[C@@H](O)[C@]1(C)O.CC[C@H]1OC(=O)[C@H](C)[C@@H](OC(C)=O)[C@H](C)[C@@H](O[C@@H]2O[C@H](C)C[C@H](N(C)C)[C@H]2OC(=O)c2ccccc2)[C@](C)(O)C[C@@H](C)CN(C)[C@H](C)[C@@H](OC(C)=O)[C@]1(C)O. The molecule has 105 heavy (non-hydrogen) atoms. The molecule has 4 saturated heterocycles. The van der Waals surface area contributed by atoms with Gasteiger partial charge in [-0.3, -0.25) is 24.1 Å². The lowest BCUT2D eigenvalue weighted by molar-refractivity contribution is -0.356. The van der Waals surface area contributed by atoms with Crippen LogP contribution in [0.25, 0.3) is 0 Å². The molecule has 0 bridgehead atoms. The van der Waals surface area contributed by atoms with Crippen LogP contribution in [-0.4, -0.2) is 273 Å². The third kappa shape index (κ3) is 22.9. The zero-order chi connectivity index (χ0) is 79.5. The molecule has 6 rings (SSSR count). The van der Waals surface area contributed by atoms with E-state index in [9.17, 15) is 59.4 Å². The quantitative estimate of drug-likeness (QED) is 0.0803. The first-order valence-corrected chi connectivity index (χ1v) is 37.5. The van der Waals surface area contributed by atoms with Crippen LogP contribution in [0.1, 0.15) is 191 Å². The highest BCUT2D eigenvalue weighted by Gasteiger charge is 2.58. The lowest BCUT2D eigenvalue weighted by Crippen LogP contribution is -2.65. The Morgan fingerprint density at radius 1 is 0.543 bits per heavy atom. The molecule has 0 aromatic heterocycles. The standard InChI is InChI=1S/C41H66N2O12.C38H64N2O10/c1-14-32-41(10,49)36(52-29(8)45)27(6)43(13)22-23(2)21-40(9,48)35(25(4)33(51-28(7)44)26(5)37(46)53-32)55-39-34(31(42(11)12)20-24(3)50-39)54-38(47)30-18-16-15-17-19-30;1-13-29-37(8,46)31(42)26(6)40(12)21-22(2)20-36(7,45)32(24(4)30(41)25(5)34(43)47-29)50-38(9)33(28(39(10)11)19-23(3)49-38)48-35(44)27-17-15-14-16-18-27/h15-19,23-27,31-36,39,48-49H,14,20-22H2,1-13H3;14-18,22-26,28-33,41-42,45-46H,13,19-21H2,1-12H3/t23-,24-,25+,26-,27-,31+,32-,33+,34-,35-,36-,39+,40-,41-;22-,23-,24+,25-,26-,28+,29-,30+,31-,32-,33-,36-,37-,38+/m11/s1. The number of esters is 6. The van der Waals surface area contributed by atoms with Crippen LogP contribution >= 0.6 is 0 Å². The van der Waals surface area contributed by atoms with Gasteiger partial charge in [0.15, 0.2) is 18.5 Å². The fraction of sp³-hybridized carbons (Fsp3) is 0.772. The van der Waals surface area contributed by atoms with Crippen molar-refractivity contribution in [2.45, 2.75) is 302 Å². The van der Waals surface area contributed by atoms with E-state index in [0.717, 1.165) is 0 Å². The third-order valence-corrected chi connectivity index (χ3v) is 22.3. The highest BCUT2D eigenvalue weighted by molar-refractivity contribution is 5.90. The van der Waals surface area contributed by atoms with Crippen molar-refractivity contribution >= 4 is 35.8 Å². The zero-order valence-corrected chi connectivity index (χ0v) is 67.2. The molecule has 2 aromatic carbocycles. The first-order chi connectivity index (χ1) is 48.6. The Labute approximate surface area is 624 Å². The number of likely N-dealkylation sites (N-methyl/N-ethyl adjacent to an activating group) is 4. The van der Waals surface area contributed by atoms with E-state index in [1.807, 2.05) is 103 Å². The predicted molar refractivity (Wildman–Crippen MR) is 393 cm³/mol. The monoisotopic (exact) mass is 1490 g/mol. The minimum Gasteiger partial charge on any atom is -0.461 e. The van der Waals surface area contributed by atoms with E-state index in [4.69, 9.17) is 47.4 Å². The maximum Gasteiger partial charge on any atom is 0.338 e. The first-order valence-electron chi connectivity index (χ1n) is 37.5. The summed E-state index contributed by atoms with van der Waals surface area (Å²) in [6.45, 7) is 32.5. The lowest BCUT2D eigenvalue weighted by atomic mass is 9.77. The summed E-state index contributed by atoms with van der Waals surface area (Å²) in [5.74, 6) is -9.86. The van der Waals surface area contributed by atoms with Gasteiger partial charge in [0.2, 0.25) is 5.79 Å². The molecule has 0 radical (unpaired) electrons. The number of carbonyl (C=O) groups is 6. The van der Waals surface area contributed by atoms with Gasteiger partial charge in [-0.25, -0.2) is 9.59 Å². The number of aliphatic hydroxyl groups excluding tert-OH is 2. The summed E-state index contributed by atoms with van der Waals surface area (Å²) in [6, 6.07) is 15.5. The molecule has 4 heterocycles. The molecule has 28 atom stereocenters. The molecule has 598 valence electrons. The molecule has 0 unspecified atom stereocenters. The average molecular weight is 1490 g/mol. The summed E-state index contributed by atoms with van der Waals surface area (Å²) in [5, 5.41) is 71.5. The smallest absolute Gasteiger partial charge is 0.338 e. The lowest BCUT2D eigenvalue weighted by Gasteiger charge is -2.52. The van der Waals surface area contributed by atoms with Crippen LogP contribution in [0.5, 0.6) is 0 Å². The van der Waals surface area contributed by atoms with E-state index < -0.39 is 167 Å². The molecule has 2 aromatic rings. The topological polar surface area (TPSA) is 329 Å². The highest BCUT2D eigenvalue weighted by Crippen LogP contribution is 2.44. The van der Waals surface area contributed by atoms with Crippen LogP contribution in [-0.2, 0) is 66.5 Å². The number of rotatable bonds is 14. The van der Waals surface area contributed by atoms with Crippen molar-refractivity contribution in [2.75, 3.05) is 55.4 Å². The number of carbonyl (C=O) groups excluding carboxylic acids is 6. The van der Waals surface area contributed by atoms with Gasteiger partial charge in [-0.1, -0.05) is 77.9 Å². The molecular weight excluding hydrogens is 1360 g/mol. The van der Waals surface area contributed by atoms with E-state index in [2.05, 4.69) is 0 Å². The second-order valence-electron chi connectivity index (χ2n) is 32.5. The van der Waals surface area contributed by atoms with Crippen LogP contribution < -0.4 is 0 Å². The molecule has 4 aliphatic heterocycles. The molecule has 0 saturated carbocycles. The van der Waals surface area contributed by atoms with Crippen LogP contribution in [0, 0.1) is 35.5 Å². The minimum absolute atomic E-state index is 0.157. The maximum absolute atomic E-state index is 14.1. The Kier molecular flexibility index (Phi) is 32.6. The van der Waals surface area contributed by atoms with Gasteiger partial charge in [-0.2, -0.15) is 0 Å². The molecule has 4 aliphatic rings. The number of aliphatic hydroxyl groups is 6. The number of hydrogen-bond donors (Lipinski definition) is 6. The number of cyclic esters (lactones) is 2. The molecule has 4 fully saturated rings. The number of nitrogens with zero attached hydrogens (tertiary/aromatic N) is 4. The largest absolute Gasteiger partial charge is 0.461 e.